The fourth-order valence-electron chi connectivity index (χ4n) is 1.82. The minimum atomic E-state index is -1.14. The second-order valence-corrected chi connectivity index (χ2v) is 5.57. The molecule has 0 bridgehead atoms. The Morgan fingerprint density at radius 1 is 1.44 bits per heavy atom. The zero-order chi connectivity index (χ0) is 13.1. The molecule has 1 heterocycles. The van der Waals surface area contributed by atoms with Crippen molar-refractivity contribution in [2.24, 2.45) is 5.92 Å². The van der Waals surface area contributed by atoms with Crippen molar-refractivity contribution in [1.82, 2.24) is 0 Å². The Labute approximate surface area is 114 Å². The second-order valence-electron chi connectivity index (χ2n) is 4.02. The number of carboxylic acids is 1. The average molecular weight is 286 g/mol. The van der Waals surface area contributed by atoms with Gasteiger partial charge < -0.3 is 10.4 Å². The van der Waals surface area contributed by atoms with Gasteiger partial charge in [-0.3, -0.25) is 4.79 Å². The van der Waals surface area contributed by atoms with Crippen LogP contribution in [0.1, 0.15) is 16.8 Å². The van der Waals surface area contributed by atoms with Crippen molar-refractivity contribution in [3.05, 3.63) is 28.8 Å². The van der Waals surface area contributed by atoms with Crippen LogP contribution in [0.25, 0.3) is 0 Å². The number of nitrogens with one attached hydrogen (secondary N) is 1. The molecule has 0 radical (unpaired) electrons. The molecule has 6 heteroatoms. The largest absolute Gasteiger partial charge is 0.478 e. The molecule has 1 aromatic rings. The molecule has 18 heavy (non-hydrogen) atoms. The summed E-state index contributed by atoms with van der Waals surface area (Å²) in [6, 6.07) is 4.66. The molecule has 0 aliphatic carbocycles. The zero-order valence-electron chi connectivity index (χ0n) is 9.48. The van der Waals surface area contributed by atoms with Crippen LogP contribution >= 0.6 is 23.4 Å². The van der Waals surface area contributed by atoms with E-state index in [4.69, 9.17) is 16.7 Å². The first-order chi connectivity index (χ1) is 8.59. The van der Waals surface area contributed by atoms with Crippen molar-refractivity contribution >= 4 is 40.9 Å². The van der Waals surface area contributed by atoms with Crippen LogP contribution < -0.4 is 5.32 Å². The minimum absolute atomic E-state index is 0.0457. The number of rotatable bonds is 3. The summed E-state index contributed by atoms with van der Waals surface area (Å²) in [4.78, 5) is 23.0. The van der Waals surface area contributed by atoms with Crippen molar-refractivity contribution in [1.29, 1.82) is 0 Å². The second kappa shape index (κ2) is 5.63. The minimum Gasteiger partial charge on any atom is -0.478 e. The lowest BCUT2D eigenvalue weighted by atomic mass is 10.1. The van der Waals surface area contributed by atoms with Gasteiger partial charge in [-0.05, 0) is 24.3 Å². The predicted octanol–water partition coefficient (Wildman–Crippen LogP) is 2.73. The lowest BCUT2D eigenvalue weighted by Crippen LogP contribution is -2.23. The van der Waals surface area contributed by atoms with Gasteiger partial charge in [-0.15, -0.1) is 0 Å². The van der Waals surface area contributed by atoms with Gasteiger partial charge in [-0.2, -0.15) is 11.8 Å². The molecule has 1 amide bonds. The Kier molecular flexibility index (Phi) is 4.14. The fraction of sp³-hybridized carbons (Fsp3) is 0.333. The highest BCUT2D eigenvalue weighted by Crippen LogP contribution is 2.28. The van der Waals surface area contributed by atoms with Crippen molar-refractivity contribution < 1.29 is 14.7 Å². The van der Waals surface area contributed by atoms with E-state index >= 15 is 0 Å². The third kappa shape index (κ3) is 2.79. The Hall–Kier alpha value is -1.20. The van der Waals surface area contributed by atoms with Gasteiger partial charge in [0.15, 0.2) is 0 Å². The van der Waals surface area contributed by atoms with E-state index in [1.807, 2.05) is 0 Å². The molecular weight excluding hydrogens is 274 g/mol. The van der Waals surface area contributed by atoms with E-state index < -0.39 is 5.97 Å². The van der Waals surface area contributed by atoms with Crippen molar-refractivity contribution in [3.63, 3.8) is 0 Å². The topological polar surface area (TPSA) is 66.4 Å². The van der Waals surface area contributed by atoms with Crippen LogP contribution in [-0.4, -0.2) is 28.5 Å². The number of amides is 1. The summed E-state index contributed by atoms with van der Waals surface area (Å²) in [5.74, 6) is 0.436. The molecule has 0 saturated carbocycles. The number of benzene rings is 1. The fourth-order valence-corrected chi connectivity index (χ4v) is 3.30. The van der Waals surface area contributed by atoms with Crippen molar-refractivity contribution in [2.45, 2.75) is 6.42 Å². The molecule has 1 aliphatic heterocycles. The molecule has 4 nitrogen and oxygen atoms in total. The van der Waals surface area contributed by atoms with Crippen LogP contribution in [-0.2, 0) is 4.79 Å². The number of halogens is 1. The SMILES string of the molecule is O=C(O)c1c(Cl)cccc1NC(=O)C1CCSC1. The molecule has 1 aliphatic rings. The Morgan fingerprint density at radius 3 is 2.83 bits per heavy atom. The smallest absolute Gasteiger partial charge is 0.339 e. The van der Waals surface area contributed by atoms with E-state index in [-0.39, 0.29) is 28.1 Å². The van der Waals surface area contributed by atoms with Gasteiger partial charge in [-0.1, -0.05) is 17.7 Å². The van der Waals surface area contributed by atoms with E-state index in [9.17, 15) is 9.59 Å². The number of hydrogen-bond acceptors (Lipinski definition) is 3. The lowest BCUT2D eigenvalue weighted by Gasteiger charge is -2.12. The van der Waals surface area contributed by atoms with E-state index in [2.05, 4.69) is 5.32 Å². The summed E-state index contributed by atoms with van der Waals surface area (Å²) < 4.78 is 0. The van der Waals surface area contributed by atoms with Gasteiger partial charge in [-0.25, -0.2) is 4.79 Å². The molecule has 0 aromatic heterocycles. The molecule has 1 aromatic carbocycles. The van der Waals surface area contributed by atoms with Crippen LogP contribution in [0.4, 0.5) is 5.69 Å². The van der Waals surface area contributed by atoms with Crippen LogP contribution in [0.3, 0.4) is 0 Å². The van der Waals surface area contributed by atoms with Gasteiger partial charge >= 0.3 is 5.97 Å². The van der Waals surface area contributed by atoms with E-state index in [1.165, 1.54) is 6.07 Å². The maximum absolute atomic E-state index is 11.9. The standard InChI is InChI=1S/C12H12ClNO3S/c13-8-2-1-3-9(10(8)12(16)17)14-11(15)7-4-5-18-6-7/h1-3,7H,4-6H2,(H,14,15)(H,16,17). The zero-order valence-corrected chi connectivity index (χ0v) is 11.1. The maximum atomic E-state index is 11.9. The number of hydrogen-bond donors (Lipinski definition) is 2. The average Bonchev–Trinajstić information content (AvgIpc) is 2.81. The van der Waals surface area contributed by atoms with Crippen LogP contribution in [0.5, 0.6) is 0 Å². The maximum Gasteiger partial charge on any atom is 0.339 e. The van der Waals surface area contributed by atoms with Crippen molar-refractivity contribution in [3.8, 4) is 0 Å². The first-order valence-corrected chi connectivity index (χ1v) is 7.03. The molecule has 96 valence electrons. The molecule has 1 saturated heterocycles. The highest BCUT2D eigenvalue weighted by Gasteiger charge is 2.25. The molecule has 0 spiro atoms. The quantitative estimate of drug-likeness (QED) is 0.896. The first-order valence-electron chi connectivity index (χ1n) is 5.50. The summed E-state index contributed by atoms with van der Waals surface area (Å²) in [5.41, 5.74) is 0.204. The summed E-state index contributed by atoms with van der Waals surface area (Å²) in [6.45, 7) is 0. The van der Waals surface area contributed by atoms with Gasteiger partial charge in [0.2, 0.25) is 5.91 Å². The molecular formula is C12H12ClNO3S. The highest BCUT2D eigenvalue weighted by molar-refractivity contribution is 7.99. The van der Waals surface area contributed by atoms with Gasteiger partial charge in [0, 0.05) is 11.7 Å². The number of anilines is 1. The van der Waals surface area contributed by atoms with Crippen LogP contribution in [0, 0.1) is 5.92 Å². The Balaban J connectivity index is 2.20. The van der Waals surface area contributed by atoms with Crippen LogP contribution in [0.15, 0.2) is 18.2 Å². The number of aromatic carboxylic acids is 1. The summed E-state index contributed by atoms with van der Waals surface area (Å²) >= 11 is 7.56. The molecule has 1 atom stereocenters. The Morgan fingerprint density at radius 2 is 2.22 bits per heavy atom. The molecule has 1 fully saturated rings. The third-order valence-corrected chi connectivity index (χ3v) is 4.26. The summed E-state index contributed by atoms with van der Waals surface area (Å²) in [5, 5.41) is 11.9. The van der Waals surface area contributed by atoms with E-state index in [1.54, 1.807) is 23.9 Å². The monoisotopic (exact) mass is 285 g/mol. The summed E-state index contributed by atoms with van der Waals surface area (Å²) in [7, 11) is 0. The van der Waals surface area contributed by atoms with Gasteiger partial charge in [0.25, 0.3) is 0 Å². The lowest BCUT2D eigenvalue weighted by molar-refractivity contribution is -0.119. The number of carbonyl (C=O) groups excluding carboxylic acids is 1. The van der Waals surface area contributed by atoms with Crippen LogP contribution in [0.2, 0.25) is 5.02 Å². The molecule has 2 N–H and O–H groups in total. The van der Waals surface area contributed by atoms with Gasteiger partial charge in [0.05, 0.1) is 10.7 Å². The van der Waals surface area contributed by atoms with E-state index in [0.717, 1.165) is 17.9 Å². The number of thioether (sulfide) groups is 1. The normalized spacial score (nSPS) is 18.6. The predicted molar refractivity (Wildman–Crippen MR) is 72.5 cm³/mol. The molecule has 2 rings (SSSR count). The first kappa shape index (κ1) is 13.2. The summed E-state index contributed by atoms with van der Waals surface area (Å²) in [6.07, 6.45) is 0.833. The van der Waals surface area contributed by atoms with Gasteiger partial charge in [0.1, 0.15) is 5.56 Å². The molecule has 1 unspecified atom stereocenters. The third-order valence-electron chi connectivity index (χ3n) is 2.79. The van der Waals surface area contributed by atoms with Crippen molar-refractivity contribution in [2.75, 3.05) is 16.8 Å². The van der Waals surface area contributed by atoms with E-state index in [0.29, 0.717) is 0 Å². The highest BCUT2D eigenvalue weighted by atomic mass is 35.5. The number of carbonyl (C=O) groups is 2. The number of carboxylic acid groups (broad SMARTS) is 1. The Bertz CT molecular complexity index is 486.